The van der Waals surface area contributed by atoms with E-state index < -0.39 is 17.7 Å². The Balaban J connectivity index is 1.79. The van der Waals surface area contributed by atoms with Gasteiger partial charge in [-0.3, -0.25) is 9.59 Å². The van der Waals surface area contributed by atoms with Gasteiger partial charge >= 0.3 is 0 Å². The molecule has 0 bridgehead atoms. The van der Waals surface area contributed by atoms with Crippen molar-refractivity contribution >= 4 is 17.4 Å². The molecule has 1 aliphatic heterocycles. The normalized spacial score (nSPS) is 17.7. The zero-order valence-electron chi connectivity index (χ0n) is 18.1. The summed E-state index contributed by atoms with van der Waals surface area (Å²) in [5.74, 6) is -0.328. The maximum absolute atomic E-state index is 13.1. The first-order valence-corrected chi connectivity index (χ1v) is 10.6. The molecule has 32 heavy (non-hydrogen) atoms. The fourth-order valence-corrected chi connectivity index (χ4v) is 3.79. The average molecular weight is 431 g/mol. The van der Waals surface area contributed by atoms with E-state index in [9.17, 15) is 14.7 Å². The third kappa shape index (κ3) is 4.17. The number of aliphatic hydroxyl groups excluding tert-OH is 1. The van der Waals surface area contributed by atoms with Crippen molar-refractivity contribution < 1.29 is 23.8 Å². The molecule has 1 N–H and O–H groups in total. The zero-order valence-corrected chi connectivity index (χ0v) is 18.1. The Morgan fingerprint density at radius 3 is 2.41 bits per heavy atom. The second-order valence-electron chi connectivity index (χ2n) is 7.79. The number of ether oxygens (including phenoxy) is 1. The molecular formula is C26H25NO5. The quantitative estimate of drug-likeness (QED) is 0.324. The van der Waals surface area contributed by atoms with E-state index in [0.717, 1.165) is 12.0 Å². The molecule has 1 fully saturated rings. The number of benzene rings is 2. The van der Waals surface area contributed by atoms with E-state index >= 15 is 0 Å². The predicted octanol–water partition coefficient (Wildman–Crippen LogP) is 5.00. The van der Waals surface area contributed by atoms with Gasteiger partial charge in [-0.2, -0.15) is 0 Å². The van der Waals surface area contributed by atoms with E-state index in [2.05, 4.69) is 0 Å². The van der Waals surface area contributed by atoms with Crippen molar-refractivity contribution in [3.05, 3.63) is 95.0 Å². The molecule has 0 spiro atoms. The Labute approximate surface area is 186 Å². The number of amides is 1. The summed E-state index contributed by atoms with van der Waals surface area (Å²) in [5, 5.41) is 11.1. The number of carbonyl (C=O) groups is 2. The van der Waals surface area contributed by atoms with Gasteiger partial charge in [0.25, 0.3) is 11.7 Å². The van der Waals surface area contributed by atoms with Gasteiger partial charge < -0.3 is 19.2 Å². The number of aryl methyl sites for hydroxylation is 1. The van der Waals surface area contributed by atoms with Crippen LogP contribution >= 0.6 is 0 Å². The molecule has 1 aliphatic rings. The number of Topliss-reactive ketones (excluding diaryl/α,β-unsaturated/α-hetero) is 1. The summed E-state index contributed by atoms with van der Waals surface area (Å²) in [4.78, 5) is 27.5. The second-order valence-corrected chi connectivity index (χ2v) is 7.79. The zero-order chi connectivity index (χ0) is 22.7. The van der Waals surface area contributed by atoms with Crippen molar-refractivity contribution in [2.45, 2.75) is 32.9 Å². The van der Waals surface area contributed by atoms with E-state index in [-0.39, 0.29) is 17.9 Å². The molecule has 1 saturated heterocycles. The van der Waals surface area contributed by atoms with Crippen LogP contribution in [0.15, 0.2) is 76.9 Å². The standard InChI is InChI=1S/C26H25NO5/c1-3-14-31-20-12-10-18(11-13-20)23-22(24(28)19-8-6-17(2)7-9-19)25(29)26(30)27(23)16-21-5-4-15-32-21/h4-13,15,23,28H,3,14,16H2,1-2H3/b24-22+. The van der Waals surface area contributed by atoms with Crippen LogP contribution in [0, 0.1) is 6.92 Å². The molecule has 1 atom stereocenters. The summed E-state index contributed by atoms with van der Waals surface area (Å²) in [6, 6.07) is 17.2. The first kappa shape index (κ1) is 21.4. The lowest BCUT2D eigenvalue weighted by Crippen LogP contribution is -2.29. The van der Waals surface area contributed by atoms with Gasteiger partial charge in [-0.05, 0) is 43.2 Å². The van der Waals surface area contributed by atoms with Gasteiger partial charge in [0.05, 0.1) is 31.0 Å². The van der Waals surface area contributed by atoms with E-state index in [1.807, 2.05) is 50.2 Å². The van der Waals surface area contributed by atoms with Gasteiger partial charge in [0, 0.05) is 5.56 Å². The molecule has 164 valence electrons. The summed E-state index contributed by atoms with van der Waals surface area (Å²) >= 11 is 0. The van der Waals surface area contributed by atoms with Crippen LogP contribution in [0.1, 0.15) is 41.8 Å². The molecule has 0 saturated carbocycles. The monoisotopic (exact) mass is 431 g/mol. The molecule has 6 heteroatoms. The molecule has 3 aromatic rings. The number of aliphatic hydroxyl groups is 1. The number of carbonyl (C=O) groups excluding carboxylic acids is 2. The van der Waals surface area contributed by atoms with Crippen molar-refractivity contribution in [1.82, 2.24) is 4.90 Å². The Kier molecular flexibility index (Phi) is 6.12. The summed E-state index contributed by atoms with van der Waals surface area (Å²) in [5.41, 5.74) is 2.28. The summed E-state index contributed by atoms with van der Waals surface area (Å²) in [6.45, 7) is 4.68. The fraction of sp³-hybridized carbons (Fsp3) is 0.231. The van der Waals surface area contributed by atoms with Gasteiger partial charge in [0.1, 0.15) is 17.3 Å². The van der Waals surface area contributed by atoms with Gasteiger partial charge in [0.2, 0.25) is 0 Å². The van der Waals surface area contributed by atoms with Crippen LogP contribution in [-0.2, 0) is 16.1 Å². The number of ketones is 1. The van der Waals surface area contributed by atoms with E-state index in [4.69, 9.17) is 9.15 Å². The number of furan rings is 1. The van der Waals surface area contributed by atoms with Crippen LogP contribution in [0.25, 0.3) is 5.76 Å². The van der Waals surface area contributed by atoms with Crippen molar-refractivity contribution in [3.63, 3.8) is 0 Å². The topological polar surface area (TPSA) is 80.0 Å². The maximum atomic E-state index is 13.1. The molecule has 1 unspecified atom stereocenters. The highest BCUT2D eigenvalue weighted by atomic mass is 16.5. The number of hydrogen-bond donors (Lipinski definition) is 1. The number of rotatable bonds is 7. The summed E-state index contributed by atoms with van der Waals surface area (Å²) < 4.78 is 11.1. The number of nitrogens with zero attached hydrogens (tertiary/aromatic N) is 1. The predicted molar refractivity (Wildman–Crippen MR) is 120 cm³/mol. The lowest BCUT2D eigenvalue weighted by atomic mass is 9.95. The van der Waals surface area contributed by atoms with Crippen molar-refractivity contribution in [3.8, 4) is 5.75 Å². The minimum absolute atomic E-state index is 0.0626. The van der Waals surface area contributed by atoms with E-state index in [0.29, 0.717) is 29.2 Å². The highest BCUT2D eigenvalue weighted by Gasteiger charge is 2.46. The van der Waals surface area contributed by atoms with Crippen molar-refractivity contribution in [2.24, 2.45) is 0 Å². The van der Waals surface area contributed by atoms with Gasteiger partial charge in [0.15, 0.2) is 0 Å². The molecule has 6 nitrogen and oxygen atoms in total. The van der Waals surface area contributed by atoms with Crippen LogP contribution in [0.3, 0.4) is 0 Å². The van der Waals surface area contributed by atoms with Gasteiger partial charge in [-0.1, -0.05) is 48.9 Å². The van der Waals surface area contributed by atoms with Gasteiger partial charge in [-0.25, -0.2) is 0 Å². The summed E-state index contributed by atoms with van der Waals surface area (Å²) in [7, 11) is 0. The number of likely N-dealkylation sites (tertiary alicyclic amines) is 1. The third-order valence-corrected chi connectivity index (χ3v) is 5.44. The van der Waals surface area contributed by atoms with Crippen LogP contribution in [0.5, 0.6) is 5.75 Å². The van der Waals surface area contributed by atoms with Crippen molar-refractivity contribution in [2.75, 3.05) is 6.61 Å². The third-order valence-electron chi connectivity index (χ3n) is 5.44. The lowest BCUT2D eigenvalue weighted by Gasteiger charge is -2.24. The van der Waals surface area contributed by atoms with E-state index in [1.54, 1.807) is 24.3 Å². The van der Waals surface area contributed by atoms with Gasteiger partial charge in [-0.15, -0.1) is 0 Å². The minimum Gasteiger partial charge on any atom is -0.507 e. The molecule has 0 radical (unpaired) electrons. The summed E-state index contributed by atoms with van der Waals surface area (Å²) in [6.07, 6.45) is 2.41. The molecule has 2 heterocycles. The molecule has 1 aromatic heterocycles. The Morgan fingerprint density at radius 2 is 1.78 bits per heavy atom. The van der Waals surface area contributed by atoms with Crippen LogP contribution in [-0.4, -0.2) is 28.3 Å². The van der Waals surface area contributed by atoms with Crippen LogP contribution in [0.2, 0.25) is 0 Å². The Morgan fingerprint density at radius 1 is 1.06 bits per heavy atom. The van der Waals surface area contributed by atoms with E-state index in [1.165, 1.54) is 11.2 Å². The molecule has 4 rings (SSSR count). The molecule has 0 aliphatic carbocycles. The highest BCUT2D eigenvalue weighted by Crippen LogP contribution is 2.40. The lowest BCUT2D eigenvalue weighted by molar-refractivity contribution is -0.140. The largest absolute Gasteiger partial charge is 0.507 e. The highest BCUT2D eigenvalue weighted by molar-refractivity contribution is 6.46. The molecular weight excluding hydrogens is 406 g/mol. The van der Waals surface area contributed by atoms with Crippen molar-refractivity contribution in [1.29, 1.82) is 0 Å². The van der Waals surface area contributed by atoms with Crippen LogP contribution < -0.4 is 4.74 Å². The Bertz CT molecular complexity index is 1130. The molecule has 2 aromatic carbocycles. The smallest absolute Gasteiger partial charge is 0.296 e. The SMILES string of the molecule is CCCOc1ccc(C2/C(=C(\O)c3ccc(C)cc3)C(=O)C(=O)N2Cc2ccco2)cc1. The van der Waals surface area contributed by atoms with Crippen LogP contribution in [0.4, 0.5) is 0 Å². The first-order valence-electron chi connectivity index (χ1n) is 10.6. The molecule has 1 amide bonds. The Hall–Kier alpha value is -3.80. The number of hydrogen-bond acceptors (Lipinski definition) is 5. The fourth-order valence-electron chi connectivity index (χ4n) is 3.79. The first-order chi connectivity index (χ1) is 15.5. The second kappa shape index (κ2) is 9.14. The maximum Gasteiger partial charge on any atom is 0.296 e. The minimum atomic E-state index is -0.748. The average Bonchev–Trinajstić information content (AvgIpc) is 3.40.